The Balaban J connectivity index is 1.19. The molecule has 6 heterocycles. The Morgan fingerprint density at radius 2 is 0.878 bits per heavy atom. The molecule has 22 N–H and O–H groups in total. The summed E-state index contributed by atoms with van der Waals surface area (Å²) in [4.78, 5) is 49.9. The Bertz CT molecular complexity index is 2090. The lowest BCUT2D eigenvalue weighted by molar-refractivity contribution is -0.385. The molecule has 6 aliphatic heterocycles. The third-order valence-corrected chi connectivity index (χ3v) is 14.6. The molecule has 6 aliphatic rings. The van der Waals surface area contributed by atoms with Crippen LogP contribution in [0.3, 0.4) is 0 Å². The van der Waals surface area contributed by atoms with Crippen LogP contribution in [0.15, 0.2) is 0 Å². The summed E-state index contributed by atoms with van der Waals surface area (Å²) in [5.74, 6) is -7.52. The number of carboxylic acid groups (broad SMARTS) is 1. The van der Waals surface area contributed by atoms with Gasteiger partial charge in [0.25, 0.3) is 5.79 Å². The van der Waals surface area contributed by atoms with Crippen molar-refractivity contribution in [2.45, 2.75) is 217 Å². The van der Waals surface area contributed by atoms with Crippen LogP contribution in [-0.2, 0) is 71.3 Å². The van der Waals surface area contributed by atoms with Crippen LogP contribution in [0.1, 0.15) is 27.2 Å². The molecule has 0 radical (unpaired) electrons. The average molecular weight is 1200 g/mol. The molecule has 0 aromatic heterocycles. The van der Waals surface area contributed by atoms with Gasteiger partial charge in [0.1, 0.15) is 140 Å². The number of carbonyl (C=O) groups excluding carboxylic acids is 3. The Morgan fingerprint density at radius 3 is 1.32 bits per heavy atom. The van der Waals surface area contributed by atoms with Gasteiger partial charge in [-0.05, 0) is 0 Å². The van der Waals surface area contributed by atoms with E-state index < -0.39 is 259 Å². The molecule has 3 amide bonds. The first-order chi connectivity index (χ1) is 38.6. The van der Waals surface area contributed by atoms with Gasteiger partial charge < -0.3 is 165 Å². The third kappa shape index (κ3) is 14.7. The van der Waals surface area contributed by atoms with E-state index in [1.807, 2.05) is 0 Å². The Morgan fingerprint density at radius 1 is 0.488 bits per heavy atom. The lowest BCUT2D eigenvalue weighted by atomic mass is 9.88. The SMILES string of the molecule is CC(=O)N[C@H]1[C@H](O[C@H]2[C@H](O)[C@H](O[C@@H]3O[C@H](CO)[C@@H](O[C@@H]4O[C@H](CO[C@]5(C(=O)O)C[C@H](O)[C@@H](NC(C)=O)[C@H]([C@H](O)[C@H](O)CO)O5)[C@H](O)[C@H](O)[C@H]4O)[C@H](O)[C@H]3NC(C)=O)C(O)O[C@@H]2CO)O[C@H](CO)[C@@H](O[C@@H]2O[C@H](CO)[C@H](O)[C@H](O)[C@H]2O)[C@@H]1O. The summed E-state index contributed by atoms with van der Waals surface area (Å²) in [6.45, 7) is -3.31. The van der Waals surface area contributed by atoms with Crippen molar-refractivity contribution < 1.29 is 168 Å². The van der Waals surface area contributed by atoms with Crippen LogP contribution in [0, 0.1) is 0 Å². The molecular formula is C45H75N3O34. The van der Waals surface area contributed by atoms with Crippen LogP contribution in [0.25, 0.3) is 0 Å². The number of carbonyl (C=O) groups is 4. The van der Waals surface area contributed by atoms with Gasteiger partial charge in [-0.1, -0.05) is 0 Å². The number of aliphatic hydroxyl groups is 18. The van der Waals surface area contributed by atoms with Crippen molar-refractivity contribution in [1.29, 1.82) is 0 Å². The molecule has 0 spiro atoms. The monoisotopic (exact) mass is 1200 g/mol. The highest BCUT2D eigenvalue weighted by atomic mass is 16.8. The van der Waals surface area contributed by atoms with Gasteiger partial charge in [0.2, 0.25) is 17.7 Å². The molecule has 0 aliphatic carbocycles. The van der Waals surface area contributed by atoms with Gasteiger partial charge in [0.15, 0.2) is 31.5 Å². The second-order valence-corrected chi connectivity index (χ2v) is 20.4. The first kappa shape index (κ1) is 67.8. The lowest BCUT2D eigenvalue weighted by Gasteiger charge is -2.50. The van der Waals surface area contributed by atoms with Crippen molar-refractivity contribution >= 4 is 23.7 Å². The van der Waals surface area contributed by atoms with Gasteiger partial charge in [-0.2, -0.15) is 0 Å². The number of amides is 3. The van der Waals surface area contributed by atoms with E-state index in [1.54, 1.807) is 0 Å². The second-order valence-electron chi connectivity index (χ2n) is 20.4. The summed E-state index contributed by atoms with van der Waals surface area (Å²) < 4.78 is 62.8. The third-order valence-electron chi connectivity index (χ3n) is 14.6. The smallest absolute Gasteiger partial charge is 0.364 e. The van der Waals surface area contributed by atoms with E-state index in [0.29, 0.717) is 0 Å². The van der Waals surface area contributed by atoms with Crippen LogP contribution in [0.2, 0.25) is 0 Å². The van der Waals surface area contributed by atoms with Crippen LogP contribution < -0.4 is 16.0 Å². The van der Waals surface area contributed by atoms with Gasteiger partial charge in [-0.3, -0.25) is 14.4 Å². The minimum atomic E-state index is -2.99. The van der Waals surface area contributed by atoms with Gasteiger partial charge in [-0.15, -0.1) is 0 Å². The number of carboxylic acids is 1. The Labute approximate surface area is 463 Å². The zero-order chi connectivity index (χ0) is 61.0. The van der Waals surface area contributed by atoms with Gasteiger partial charge in [-0.25, -0.2) is 4.79 Å². The van der Waals surface area contributed by atoms with E-state index in [1.165, 1.54) is 0 Å². The van der Waals surface area contributed by atoms with Crippen molar-refractivity contribution in [3.8, 4) is 0 Å². The topological polar surface area (TPSA) is 590 Å². The maximum atomic E-state index is 12.8. The predicted octanol–water partition coefficient (Wildman–Crippen LogP) is -14.5. The molecule has 82 heavy (non-hydrogen) atoms. The normalized spacial score (nSPS) is 46.3. The highest BCUT2D eigenvalue weighted by Crippen LogP contribution is 2.38. The van der Waals surface area contributed by atoms with Crippen molar-refractivity contribution in [2.24, 2.45) is 0 Å². The summed E-state index contributed by atoms with van der Waals surface area (Å²) in [6.07, 6.45) is -54.6. The average Bonchev–Trinajstić information content (AvgIpc) is 3.41. The fraction of sp³-hybridized carbons (Fsp3) is 0.911. The molecule has 1 unspecified atom stereocenters. The van der Waals surface area contributed by atoms with Crippen molar-refractivity contribution in [3.63, 3.8) is 0 Å². The summed E-state index contributed by atoms with van der Waals surface area (Å²) in [6, 6.07) is -5.22. The quantitative estimate of drug-likeness (QED) is 0.0479. The largest absolute Gasteiger partial charge is 0.477 e. The summed E-state index contributed by atoms with van der Waals surface area (Å²) in [5.41, 5.74) is 0. The molecule has 31 atom stereocenters. The minimum Gasteiger partial charge on any atom is -0.477 e. The molecule has 474 valence electrons. The van der Waals surface area contributed by atoms with E-state index >= 15 is 0 Å². The molecule has 37 nitrogen and oxygen atoms in total. The molecule has 6 saturated heterocycles. The number of aliphatic carboxylic acids is 1. The van der Waals surface area contributed by atoms with Crippen LogP contribution in [0.4, 0.5) is 0 Å². The first-order valence-corrected chi connectivity index (χ1v) is 25.7. The number of aliphatic hydroxyl groups excluding tert-OH is 18. The molecule has 0 aromatic rings. The maximum absolute atomic E-state index is 12.8. The second kappa shape index (κ2) is 28.9. The van der Waals surface area contributed by atoms with E-state index in [2.05, 4.69) is 16.0 Å². The van der Waals surface area contributed by atoms with E-state index in [4.69, 9.17) is 52.1 Å². The molecule has 6 rings (SSSR count). The van der Waals surface area contributed by atoms with Crippen molar-refractivity contribution in [1.82, 2.24) is 16.0 Å². The number of ether oxygens (including phenoxy) is 11. The fourth-order valence-electron chi connectivity index (χ4n) is 10.3. The Kier molecular flexibility index (Phi) is 23.9. The summed E-state index contributed by atoms with van der Waals surface area (Å²) in [5, 5.41) is 210. The summed E-state index contributed by atoms with van der Waals surface area (Å²) in [7, 11) is 0. The molecule has 6 fully saturated rings. The van der Waals surface area contributed by atoms with Gasteiger partial charge in [0, 0.05) is 27.2 Å². The first-order valence-electron chi connectivity index (χ1n) is 25.7. The number of nitrogens with one attached hydrogen (secondary N) is 3. The zero-order valence-corrected chi connectivity index (χ0v) is 43.9. The predicted molar refractivity (Wildman–Crippen MR) is 251 cm³/mol. The lowest BCUT2D eigenvalue weighted by Crippen LogP contribution is -2.70. The standard InChI is InChI=1S/C45H75N3O34/c1-11(54)46-21-14(57)4-45(44(70)71,82-37(21)24(59)15(58)5-49)72-10-20-26(61)30(65)32(67)43(77-20)80-35-19(9-53)76-41(23(28(35)63)48-13(3)56)81-38-33(68)36(17(7-51)73-39(38)69)78-40-22(47-12(2)55)27(62)34(18(8-52)75-40)79-42-31(66)29(64)25(60)16(6-50)74-42/h14-43,49-53,57-69H,4-10H2,1-3H3,(H,46,54)(H,47,55)(H,48,56)(H,70,71)/t14-,15+,16+,17+,18+,19+,20+,21+,22+,23+,24+,25-,26-,27+,28+,29-,30-,31+,32+,33-,34+,35+,36+,37+,38-,39?,40-,41-,42-,43-,45+/m0/s1. The number of hydrogen-bond acceptors (Lipinski definition) is 33. The van der Waals surface area contributed by atoms with Crippen molar-refractivity contribution in [2.75, 3.05) is 39.6 Å². The Hall–Kier alpha value is -3.28. The minimum absolute atomic E-state index is 0.793. The fourth-order valence-corrected chi connectivity index (χ4v) is 10.3. The van der Waals surface area contributed by atoms with Crippen LogP contribution >= 0.6 is 0 Å². The maximum Gasteiger partial charge on any atom is 0.364 e. The number of rotatable bonds is 22. The van der Waals surface area contributed by atoms with E-state index in [-0.39, 0.29) is 0 Å². The van der Waals surface area contributed by atoms with E-state index in [0.717, 1.165) is 20.8 Å². The molecule has 0 saturated carbocycles. The molecule has 0 bridgehead atoms. The summed E-state index contributed by atoms with van der Waals surface area (Å²) >= 11 is 0. The van der Waals surface area contributed by atoms with E-state index in [9.17, 15) is 116 Å². The zero-order valence-electron chi connectivity index (χ0n) is 43.9. The highest BCUT2D eigenvalue weighted by Gasteiger charge is 2.60. The number of hydrogen-bond donors (Lipinski definition) is 22. The highest BCUT2D eigenvalue weighted by molar-refractivity contribution is 5.77. The van der Waals surface area contributed by atoms with Crippen LogP contribution in [0.5, 0.6) is 0 Å². The van der Waals surface area contributed by atoms with Gasteiger partial charge in [0.05, 0.1) is 51.8 Å². The van der Waals surface area contributed by atoms with Gasteiger partial charge >= 0.3 is 5.97 Å². The van der Waals surface area contributed by atoms with Crippen molar-refractivity contribution in [3.05, 3.63) is 0 Å². The molecule has 37 heteroatoms. The molecule has 0 aromatic carbocycles. The van der Waals surface area contributed by atoms with Crippen LogP contribution in [-0.4, -0.2) is 350 Å². The molecular weight excluding hydrogens is 1130 g/mol.